The smallest absolute Gasteiger partial charge is 0.303 e. The average Bonchev–Trinajstić information content (AvgIpc) is 3.52. The number of nitrogens with one attached hydrogen (secondary N) is 4. The van der Waals surface area contributed by atoms with Crippen LogP contribution in [-0.4, -0.2) is 67.3 Å². The van der Waals surface area contributed by atoms with E-state index < -0.39 is 11.9 Å². The van der Waals surface area contributed by atoms with E-state index in [1.165, 1.54) is 11.8 Å². The molecule has 2 amide bonds. The predicted octanol–water partition coefficient (Wildman–Crippen LogP) is 3.28. The van der Waals surface area contributed by atoms with Crippen molar-refractivity contribution in [3.05, 3.63) is 56.2 Å². The Morgan fingerprint density at radius 2 is 1.64 bits per heavy atom. The fourth-order valence-corrected chi connectivity index (χ4v) is 8.28. The van der Waals surface area contributed by atoms with Gasteiger partial charge >= 0.3 is 11.9 Å². The number of hydrogen-bond donors (Lipinski definition) is 7. The van der Waals surface area contributed by atoms with Gasteiger partial charge in [-0.15, -0.1) is 0 Å². The third kappa shape index (κ3) is 6.91. The maximum absolute atomic E-state index is 12.6. The number of rotatable bonds is 12. The highest BCUT2D eigenvalue weighted by molar-refractivity contribution is 7.86. The molecule has 4 aliphatic rings. The van der Waals surface area contributed by atoms with E-state index in [9.17, 15) is 29.4 Å². The monoisotopic (exact) mass is 655 g/mol. The van der Waals surface area contributed by atoms with Crippen LogP contribution in [0, 0.1) is 18.8 Å². The minimum atomic E-state index is -0.896. The Hall–Kier alpha value is -3.38. The van der Waals surface area contributed by atoms with Gasteiger partial charge < -0.3 is 31.1 Å². The standard InChI is InChI=1S/C33H42N4O6S2/c1-14-19(6-8-28(38)39)24(34-21(14)10-23-16(3)30(18(5)44)33(43)36-23)12-25-20(7-9-29(40)41)15(2)22(35-25)11-26-31(27-13-45-27)17(4)32(42)37-26/h11-12,17-18,21,23,27,31,34-35,44H,6-10,13H2,1-5H3,(H,36,43)(H,37,42)(H,38,39)(H,40,41)/p+1/b24-12+,26-11-/t17-,18-,21?,23-,27+,31-/m1/s1. The summed E-state index contributed by atoms with van der Waals surface area (Å²) in [5, 5.41) is 29.0. The molecule has 0 spiro atoms. The van der Waals surface area contributed by atoms with Crippen molar-refractivity contribution in [3.8, 4) is 0 Å². The lowest BCUT2D eigenvalue weighted by Crippen LogP contribution is -2.36. The molecule has 1 unspecified atom stereocenters. The van der Waals surface area contributed by atoms with Gasteiger partial charge in [0.15, 0.2) is 11.0 Å². The molecule has 5 heterocycles. The Balaban J connectivity index is 1.51. The predicted molar refractivity (Wildman–Crippen MR) is 180 cm³/mol. The molecule has 242 valence electrons. The van der Waals surface area contributed by atoms with Gasteiger partial charge in [-0.1, -0.05) is 6.92 Å². The summed E-state index contributed by atoms with van der Waals surface area (Å²) < 4.78 is 0. The molecule has 5 rings (SSSR count). The zero-order valence-corrected chi connectivity index (χ0v) is 28.1. The van der Waals surface area contributed by atoms with Crippen LogP contribution in [0.5, 0.6) is 0 Å². The average molecular weight is 656 g/mol. The van der Waals surface area contributed by atoms with Crippen LogP contribution in [0.25, 0.3) is 12.2 Å². The van der Waals surface area contributed by atoms with Crippen LogP contribution in [-0.2, 0) is 37.4 Å². The second kappa shape index (κ2) is 13.2. The van der Waals surface area contributed by atoms with Gasteiger partial charge in [-0.3, -0.25) is 19.2 Å². The van der Waals surface area contributed by atoms with Crippen molar-refractivity contribution >= 4 is 60.3 Å². The second-order valence-electron chi connectivity index (χ2n) is 12.6. The first kappa shape index (κ1) is 33.0. The molecular weight excluding hydrogens is 613 g/mol. The molecule has 1 aromatic rings. The van der Waals surface area contributed by atoms with E-state index in [1.807, 2.05) is 46.8 Å². The number of aliphatic carboxylic acids is 2. The van der Waals surface area contributed by atoms with E-state index in [2.05, 4.69) is 33.6 Å². The largest absolute Gasteiger partial charge is 0.481 e. The summed E-state index contributed by atoms with van der Waals surface area (Å²) in [5.41, 5.74) is 8.60. The van der Waals surface area contributed by atoms with Gasteiger partial charge in [0.2, 0.25) is 11.8 Å². The van der Waals surface area contributed by atoms with Gasteiger partial charge in [0.25, 0.3) is 0 Å². The molecule has 6 atom stereocenters. The maximum Gasteiger partial charge on any atom is 0.303 e. The maximum atomic E-state index is 12.6. The highest BCUT2D eigenvalue weighted by atomic mass is 32.2. The number of carbonyl (C=O) groups is 4. The van der Waals surface area contributed by atoms with Crippen molar-refractivity contribution in [2.45, 2.75) is 89.3 Å². The molecule has 0 saturated carbocycles. The Bertz CT molecular complexity index is 1560. The van der Waals surface area contributed by atoms with E-state index in [1.54, 1.807) is 0 Å². The lowest BCUT2D eigenvalue weighted by atomic mass is 9.91. The minimum Gasteiger partial charge on any atom is -0.481 e. The summed E-state index contributed by atoms with van der Waals surface area (Å²) in [6, 6.07) is -0.307. The van der Waals surface area contributed by atoms with Gasteiger partial charge in [0.05, 0.1) is 12.0 Å². The van der Waals surface area contributed by atoms with Crippen LogP contribution in [0.3, 0.4) is 0 Å². The van der Waals surface area contributed by atoms with Crippen LogP contribution in [0.15, 0.2) is 33.7 Å². The number of thiol groups is 2. The number of allylic oxidation sites excluding steroid dienone is 2. The van der Waals surface area contributed by atoms with Gasteiger partial charge in [0, 0.05) is 58.4 Å². The lowest BCUT2D eigenvalue weighted by Gasteiger charge is -2.20. The van der Waals surface area contributed by atoms with Gasteiger partial charge in [0.1, 0.15) is 0 Å². The molecule has 2 saturated heterocycles. The Kier molecular flexibility index (Phi) is 9.65. The third-order valence-corrected chi connectivity index (χ3v) is 11.0. The Morgan fingerprint density at radius 1 is 1.00 bits per heavy atom. The number of carboxylic acid groups (broad SMARTS) is 2. The molecule has 45 heavy (non-hydrogen) atoms. The minimum absolute atomic E-state index is 0.0235. The van der Waals surface area contributed by atoms with Crippen molar-refractivity contribution in [2.75, 3.05) is 5.75 Å². The topological polar surface area (TPSA) is 161 Å². The third-order valence-electron chi connectivity index (χ3n) is 9.64. The van der Waals surface area contributed by atoms with Crippen molar-refractivity contribution in [2.24, 2.45) is 11.8 Å². The summed E-state index contributed by atoms with van der Waals surface area (Å²) >= 11 is 5.84. The number of amides is 2. The zero-order chi connectivity index (χ0) is 32.7. The second-order valence-corrected chi connectivity index (χ2v) is 14.8. The van der Waals surface area contributed by atoms with Crippen molar-refractivity contribution in [3.63, 3.8) is 0 Å². The lowest BCUT2D eigenvalue weighted by molar-refractivity contribution is -0.138. The summed E-state index contributed by atoms with van der Waals surface area (Å²) in [7, 11) is 0. The van der Waals surface area contributed by atoms with Crippen molar-refractivity contribution < 1.29 is 29.4 Å². The Labute approximate surface area is 273 Å². The number of carboxylic acids is 2. The van der Waals surface area contributed by atoms with E-state index in [4.69, 9.17) is 0 Å². The Morgan fingerprint density at radius 3 is 2.24 bits per heavy atom. The van der Waals surface area contributed by atoms with Gasteiger partial charge in [-0.25, -0.2) is 0 Å². The quantitative estimate of drug-likeness (QED) is 0.103. The van der Waals surface area contributed by atoms with Crippen LogP contribution < -0.4 is 16.0 Å². The molecule has 0 bridgehead atoms. The molecule has 4 aliphatic heterocycles. The molecular formula is C33H43N4O6S2+. The molecule has 2 fully saturated rings. The van der Waals surface area contributed by atoms with E-state index in [-0.39, 0.29) is 53.8 Å². The number of H-pyrrole nitrogens is 1. The SMILES string of the molecule is CC1=C(CCC(=O)O)/C(=C\c2[nH]c(/C=C3\NC(=O)[C@H](C)[C@H]3[C@@H]3C[SH+]3)c(C)c2CCC(=O)O)NC1C[C@H]1NC(=O)C([C@@H](C)S)=C1C. The summed E-state index contributed by atoms with van der Waals surface area (Å²) in [5.74, 6) is -0.752. The van der Waals surface area contributed by atoms with Crippen LogP contribution >= 0.6 is 12.6 Å². The first-order valence-corrected chi connectivity index (χ1v) is 17.1. The van der Waals surface area contributed by atoms with E-state index in [0.29, 0.717) is 30.1 Å². The fraction of sp³-hybridized carbons (Fsp3) is 0.515. The summed E-state index contributed by atoms with van der Waals surface area (Å²) in [4.78, 5) is 51.9. The highest BCUT2D eigenvalue weighted by Crippen LogP contribution is 2.39. The first-order chi connectivity index (χ1) is 21.3. The van der Waals surface area contributed by atoms with Crippen LogP contribution in [0.1, 0.15) is 75.9 Å². The van der Waals surface area contributed by atoms with E-state index in [0.717, 1.165) is 56.4 Å². The van der Waals surface area contributed by atoms with Crippen LogP contribution in [0.4, 0.5) is 0 Å². The van der Waals surface area contributed by atoms with Gasteiger partial charge in [-0.2, -0.15) is 12.6 Å². The van der Waals surface area contributed by atoms with Crippen LogP contribution in [0.2, 0.25) is 0 Å². The fourth-order valence-electron chi connectivity index (χ4n) is 6.97. The summed E-state index contributed by atoms with van der Waals surface area (Å²) in [6.45, 7) is 9.76. The highest BCUT2D eigenvalue weighted by Gasteiger charge is 2.52. The molecule has 0 aliphatic carbocycles. The first-order valence-electron chi connectivity index (χ1n) is 15.5. The normalized spacial score (nSPS) is 28.6. The van der Waals surface area contributed by atoms with Crippen molar-refractivity contribution in [1.29, 1.82) is 0 Å². The van der Waals surface area contributed by atoms with Crippen molar-refractivity contribution in [1.82, 2.24) is 20.9 Å². The van der Waals surface area contributed by atoms with E-state index >= 15 is 0 Å². The molecule has 6 N–H and O–H groups in total. The molecule has 0 radical (unpaired) electrons. The molecule has 1 aromatic heterocycles. The zero-order valence-electron chi connectivity index (χ0n) is 26.3. The van der Waals surface area contributed by atoms with Gasteiger partial charge in [-0.05, 0) is 98.7 Å². The number of carbonyl (C=O) groups excluding carboxylic acids is 2. The molecule has 12 heteroatoms. The number of hydrogen-bond acceptors (Lipinski definition) is 6. The summed E-state index contributed by atoms with van der Waals surface area (Å²) in [6.07, 6.45) is 5.10. The number of aromatic amines is 1. The molecule has 0 aromatic carbocycles. The molecule has 10 nitrogen and oxygen atoms in total. The number of aromatic nitrogens is 1.